The number of ketones is 1. The maximum absolute atomic E-state index is 12.6. The third-order valence-electron chi connectivity index (χ3n) is 4.24. The van der Waals surface area contributed by atoms with E-state index in [1.54, 1.807) is 12.1 Å². The van der Waals surface area contributed by atoms with Crippen LogP contribution in [0.25, 0.3) is 0 Å². The highest BCUT2D eigenvalue weighted by Crippen LogP contribution is 2.45. The highest BCUT2D eigenvalue weighted by atomic mass is 16.5. The molecule has 0 unspecified atom stereocenters. The molecule has 0 saturated carbocycles. The molecule has 5 heteroatoms. The van der Waals surface area contributed by atoms with Crippen molar-refractivity contribution in [2.24, 2.45) is 0 Å². The van der Waals surface area contributed by atoms with Crippen LogP contribution in [0.5, 0.6) is 23.0 Å². The summed E-state index contributed by atoms with van der Waals surface area (Å²) in [6.45, 7) is 3.86. The van der Waals surface area contributed by atoms with E-state index in [1.807, 2.05) is 19.9 Å². The van der Waals surface area contributed by atoms with Gasteiger partial charge in [-0.25, -0.2) is 0 Å². The molecule has 3 N–H and O–H groups in total. The SMILES string of the molecule is CC(C)=CCc1c(O)c(O)cc2c1O[C@H](c1ccc(O)cc1)CC2=O. The summed E-state index contributed by atoms with van der Waals surface area (Å²) in [5.74, 6) is -0.306. The first-order valence-electron chi connectivity index (χ1n) is 8.06. The number of phenols is 3. The molecule has 2 aromatic rings. The van der Waals surface area contributed by atoms with Crippen LogP contribution in [0.4, 0.5) is 0 Å². The van der Waals surface area contributed by atoms with Crippen LogP contribution < -0.4 is 4.74 Å². The molecule has 1 heterocycles. The number of rotatable bonds is 3. The van der Waals surface area contributed by atoms with Gasteiger partial charge in [0.05, 0.1) is 12.0 Å². The number of hydrogen-bond acceptors (Lipinski definition) is 5. The van der Waals surface area contributed by atoms with E-state index < -0.39 is 6.10 Å². The Morgan fingerprint density at radius 3 is 2.52 bits per heavy atom. The van der Waals surface area contributed by atoms with Gasteiger partial charge in [0.2, 0.25) is 0 Å². The van der Waals surface area contributed by atoms with Crippen LogP contribution in [0.2, 0.25) is 0 Å². The van der Waals surface area contributed by atoms with Gasteiger partial charge in [0.25, 0.3) is 0 Å². The minimum Gasteiger partial charge on any atom is -0.508 e. The van der Waals surface area contributed by atoms with E-state index >= 15 is 0 Å². The molecular formula is C20H20O5. The second-order valence-corrected chi connectivity index (χ2v) is 6.41. The zero-order valence-electron chi connectivity index (χ0n) is 14.1. The smallest absolute Gasteiger partial charge is 0.170 e. The number of carbonyl (C=O) groups is 1. The largest absolute Gasteiger partial charge is 0.508 e. The van der Waals surface area contributed by atoms with Crippen molar-refractivity contribution in [2.75, 3.05) is 0 Å². The molecule has 2 aromatic carbocycles. The third kappa shape index (κ3) is 3.31. The summed E-state index contributed by atoms with van der Waals surface area (Å²) in [7, 11) is 0. The molecule has 130 valence electrons. The summed E-state index contributed by atoms with van der Waals surface area (Å²) in [6.07, 6.45) is 1.87. The fourth-order valence-corrected chi connectivity index (χ4v) is 2.87. The maximum Gasteiger partial charge on any atom is 0.170 e. The van der Waals surface area contributed by atoms with Crippen LogP contribution in [0, 0.1) is 0 Å². The standard InChI is InChI=1S/C20H20O5/c1-11(2)3-8-14-19(24)17(23)9-15-16(22)10-18(25-20(14)15)12-4-6-13(21)7-5-12/h3-7,9,18,21,23-24H,8,10H2,1-2H3/t18-/m0/s1. The molecule has 1 aliphatic heterocycles. The quantitative estimate of drug-likeness (QED) is 0.580. The zero-order valence-corrected chi connectivity index (χ0v) is 14.1. The average molecular weight is 340 g/mol. The van der Waals surface area contributed by atoms with E-state index in [-0.39, 0.29) is 35.0 Å². The minimum atomic E-state index is -0.505. The van der Waals surface area contributed by atoms with Crippen molar-refractivity contribution < 1.29 is 24.9 Å². The molecule has 0 aliphatic carbocycles. The van der Waals surface area contributed by atoms with Gasteiger partial charge < -0.3 is 20.1 Å². The molecule has 1 atom stereocenters. The summed E-state index contributed by atoms with van der Waals surface area (Å²) < 4.78 is 6.02. The van der Waals surface area contributed by atoms with Gasteiger partial charge in [0, 0.05) is 5.56 Å². The molecule has 5 nitrogen and oxygen atoms in total. The molecule has 0 amide bonds. The Kier molecular flexibility index (Phi) is 4.40. The Bertz CT molecular complexity index is 845. The highest BCUT2D eigenvalue weighted by molar-refractivity contribution is 6.01. The van der Waals surface area contributed by atoms with Crippen LogP contribution >= 0.6 is 0 Å². The van der Waals surface area contributed by atoms with Crippen LogP contribution in [0.15, 0.2) is 42.0 Å². The highest BCUT2D eigenvalue weighted by Gasteiger charge is 2.32. The van der Waals surface area contributed by atoms with Gasteiger partial charge >= 0.3 is 0 Å². The Morgan fingerprint density at radius 1 is 1.20 bits per heavy atom. The second kappa shape index (κ2) is 6.51. The number of hydrogen-bond donors (Lipinski definition) is 3. The number of fused-ring (bicyclic) bond motifs is 1. The lowest BCUT2D eigenvalue weighted by molar-refractivity contribution is 0.0846. The predicted octanol–water partition coefficient (Wildman–Crippen LogP) is 4.02. The van der Waals surface area contributed by atoms with Crippen LogP contribution in [0.1, 0.15) is 47.9 Å². The average Bonchev–Trinajstić information content (AvgIpc) is 2.56. The molecule has 3 rings (SSSR count). The van der Waals surface area contributed by atoms with Crippen molar-refractivity contribution in [2.45, 2.75) is 32.8 Å². The van der Waals surface area contributed by atoms with Gasteiger partial charge in [0.15, 0.2) is 17.3 Å². The van der Waals surface area contributed by atoms with Crippen molar-refractivity contribution in [1.82, 2.24) is 0 Å². The summed E-state index contributed by atoms with van der Waals surface area (Å²) in [4.78, 5) is 12.6. The first-order valence-corrected chi connectivity index (χ1v) is 8.06. The number of aromatic hydroxyl groups is 3. The monoisotopic (exact) mass is 340 g/mol. The molecular weight excluding hydrogens is 320 g/mol. The summed E-state index contributed by atoms with van der Waals surface area (Å²) in [5, 5.41) is 29.6. The van der Waals surface area contributed by atoms with Crippen molar-refractivity contribution in [3.8, 4) is 23.0 Å². The first-order chi connectivity index (χ1) is 11.9. The maximum atomic E-state index is 12.6. The van der Waals surface area contributed by atoms with E-state index in [2.05, 4.69) is 0 Å². The second-order valence-electron chi connectivity index (χ2n) is 6.41. The Balaban J connectivity index is 2.06. The van der Waals surface area contributed by atoms with E-state index in [9.17, 15) is 20.1 Å². The van der Waals surface area contributed by atoms with Gasteiger partial charge in [-0.1, -0.05) is 23.8 Å². The number of Topliss-reactive ketones (excluding diaryl/α,β-unsaturated/α-hetero) is 1. The first kappa shape index (κ1) is 16.9. The molecule has 0 bridgehead atoms. The lowest BCUT2D eigenvalue weighted by Gasteiger charge is -2.28. The van der Waals surface area contributed by atoms with Crippen molar-refractivity contribution in [3.63, 3.8) is 0 Å². The van der Waals surface area contributed by atoms with Gasteiger partial charge in [-0.15, -0.1) is 0 Å². The molecule has 1 aliphatic rings. The molecule has 0 spiro atoms. The molecule has 0 fully saturated rings. The van der Waals surface area contributed by atoms with E-state index in [4.69, 9.17) is 4.74 Å². The number of carbonyl (C=O) groups excluding carboxylic acids is 1. The molecule has 0 aromatic heterocycles. The van der Waals surface area contributed by atoms with Crippen molar-refractivity contribution >= 4 is 5.78 Å². The van der Waals surface area contributed by atoms with Crippen molar-refractivity contribution in [1.29, 1.82) is 0 Å². The van der Waals surface area contributed by atoms with Gasteiger partial charge in [0.1, 0.15) is 17.6 Å². The summed E-state index contributed by atoms with van der Waals surface area (Å²) >= 11 is 0. The fourth-order valence-electron chi connectivity index (χ4n) is 2.87. The molecule has 25 heavy (non-hydrogen) atoms. The number of ether oxygens (including phenoxy) is 1. The Morgan fingerprint density at radius 2 is 1.88 bits per heavy atom. The van der Waals surface area contributed by atoms with E-state index in [0.717, 1.165) is 11.1 Å². The summed E-state index contributed by atoms with van der Waals surface area (Å²) in [6, 6.07) is 7.74. The minimum absolute atomic E-state index is 0.129. The third-order valence-corrected chi connectivity index (χ3v) is 4.24. The fraction of sp³-hybridized carbons (Fsp3) is 0.250. The van der Waals surface area contributed by atoms with E-state index in [0.29, 0.717) is 17.7 Å². The van der Waals surface area contributed by atoms with E-state index in [1.165, 1.54) is 18.2 Å². The molecule has 0 radical (unpaired) electrons. The van der Waals surface area contributed by atoms with Crippen molar-refractivity contribution in [3.05, 3.63) is 58.7 Å². The van der Waals surface area contributed by atoms with Gasteiger partial charge in [-0.2, -0.15) is 0 Å². The number of phenolic OH excluding ortho intramolecular Hbond substituents is 3. The lowest BCUT2D eigenvalue weighted by Crippen LogP contribution is -2.21. The van der Waals surface area contributed by atoms with Crippen LogP contribution in [-0.4, -0.2) is 21.1 Å². The van der Waals surface area contributed by atoms with Gasteiger partial charge in [-0.05, 0) is 44.0 Å². The zero-order chi connectivity index (χ0) is 18.1. The van der Waals surface area contributed by atoms with Gasteiger partial charge in [-0.3, -0.25) is 4.79 Å². The normalized spacial score (nSPS) is 16.1. The number of benzene rings is 2. The van der Waals surface area contributed by atoms with Crippen LogP contribution in [-0.2, 0) is 6.42 Å². The predicted molar refractivity (Wildman–Crippen MR) is 93.3 cm³/mol. The summed E-state index contributed by atoms with van der Waals surface area (Å²) in [5.41, 5.74) is 2.49. The number of allylic oxidation sites excluding steroid dienone is 2. The molecule has 0 saturated heterocycles. The Labute approximate surface area is 145 Å². The lowest BCUT2D eigenvalue weighted by atomic mass is 9.92. The topological polar surface area (TPSA) is 87.0 Å². The van der Waals surface area contributed by atoms with Crippen LogP contribution in [0.3, 0.4) is 0 Å². The Hall–Kier alpha value is -2.95.